The Morgan fingerprint density at radius 3 is 2.85 bits per heavy atom. The molecule has 0 radical (unpaired) electrons. The summed E-state index contributed by atoms with van der Waals surface area (Å²) >= 11 is 0. The number of amides is 1. The topological polar surface area (TPSA) is 114 Å². The van der Waals surface area contributed by atoms with Gasteiger partial charge in [0, 0.05) is 36.1 Å². The van der Waals surface area contributed by atoms with E-state index >= 15 is 0 Å². The molecule has 4 aromatic rings. The highest BCUT2D eigenvalue weighted by Gasteiger charge is 2.21. The number of pyridine rings is 1. The molecule has 4 N–H and O–H groups in total. The Hall–Kier alpha value is -3.42. The molecular formula is C19H21N7O. The first-order valence-electron chi connectivity index (χ1n) is 8.69. The van der Waals surface area contributed by atoms with Crippen molar-refractivity contribution >= 4 is 28.5 Å². The fraction of sp³-hybridized carbons (Fsp3) is 0.263. The number of anilines is 1. The molecule has 0 saturated carbocycles. The van der Waals surface area contributed by atoms with Crippen molar-refractivity contribution in [3.8, 4) is 11.3 Å². The van der Waals surface area contributed by atoms with E-state index in [1.165, 1.54) is 0 Å². The fourth-order valence-corrected chi connectivity index (χ4v) is 2.95. The quantitative estimate of drug-likeness (QED) is 0.516. The van der Waals surface area contributed by atoms with Crippen LogP contribution >= 0.6 is 0 Å². The van der Waals surface area contributed by atoms with Crippen LogP contribution in [0.2, 0.25) is 0 Å². The van der Waals surface area contributed by atoms with Crippen molar-refractivity contribution in [3.63, 3.8) is 0 Å². The van der Waals surface area contributed by atoms with Crippen molar-refractivity contribution in [2.45, 2.75) is 20.8 Å². The Bertz CT molecular complexity index is 1150. The number of hydrogen-bond acceptors (Lipinski definition) is 5. The number of nitrogens with zero attached hydrogens (tertiary/aromatic N) is 4. The summed E-state index contributed by atoms with van der Waals surface area (Å²) in [6, 6.07) is 5.52. The van der Waals surface area contributed by atoms with Crippen LogP contribution in [0.5, 0.6) is 0 Å². The van der Waals surface area contributed by atoms with Crippen molar-refractivity contribution in [3.05, 3.63) is 42.5 Å². The average molecular weight is 363 g/mol. The predicted molar refractivity (Wildman–Crippen MR) is 105 cm³/mol. The molecular weight excluding hydrogens is 342 g/mol. The average Bonchev–Trinajstić information content (AvgIpc) is 3.19. The first-order chi connectivity index (χ1) is 12.8. The van der Waals surface area contributed by atoms with Crippen molar-refractivity contribution in [1.29, 1.82) is 0 Å². The van der Waals surface area contributed by atoms with Gasteiger partial charge >= 0.3 is 0 Å². The minimum Gasteiger partial charge on any atom is -0.364 e. The van der Waals surface area contributed by atoms with Gasteiger partial charge in [-0.1, -0.05) is 26.8 Å². The van der Waals surface area contributed by atoms with Crippen LogP contribution in [0.25, 0.3) is 27.9 Å². The minimum absolute atomic E-state index is 0.117. The third-order valence-electron chi connectivity index (χ3n) is 4.23. The summed E-state index contributed by atoms with van der Waals surface area (Å²) in [5, 5.41) is 4.02. The summed E-state index contributed by atoms with van der Waals surface area (Å²) in [5.74, 6) is 0.0124. The van der Waals surface area contributed by atoms with Crippen LogP contribution in [-0.4, -0.2) is 36.8 Å². The number of nitrogens with two attached hydrogens (primary N) is 1. The Labute approximate surface area is 155 Å². The first kappa shape index (κ1) is 17.0. The number of rotatable bonds is 4. The highest BCUT2D eigenvalue weighted by molar-refractivity contribution is 6.03. The molecule has 0 saturated heterocycles. The van der Waals surface area contributed by atoms with Gasteiger partial charge in [0.1, 0.15) is 22.7 Å². The number of nitrogens with one attached hydrogen (secondary N) is 2. The number of primary amides is 1. The maximum absolute atomic E-state index is 12.1. The molecule has 0 aliphatic carbocycles. The standard InChI is InChI=1S/C19H21N7O/c1-19(2,3)10-23-18-22-9-12-11(8-21-17(12)25-18)14-15(16(20)27)26-7-5-4-6-13(26)24-14/h4-9H,10H2,1-3H3,(H2,20,27)(H2,21,22,23,25). The normalized spacial score (nSPS) is 12.0. The van der Waals surface area contributed by atoms with Gasteiger partial charge in [0.25, 0.3) is 5.91 Å². The zero-order valence-electron chi connectivity index (χ0n) is 15.4. The molecule has 0 aliphatic heterocycles. The second-order valence-corrected chi connectivity index (χ2v) is 7.67. The van der Waals surface area contributed by atoms with Crippen molar-refractivity contribution < 1.29 is 4.79 Å². The fourth-order valence-electron chi connectivity index (χ4n) is 2.95. The van der Waals surface area contributed by atoms with Crippen LogP contribution in [0, 0.1) is 5.41 Å². The summed E-state index contributed by atoms with van der Waals surface area (Å²) < 4.78 is 1.69. The van der Waals surface area contributed by atoms with Gasteiger partial charge in [-0.3, -0.25) is 9.20 Å². The highest BCUT2D eigenvalue weighted by Crippen LogP contribution is 2.30. The SMILES string of the molecule is CC(C)(C)CNc1ncc2c(-c3nc4ccccn4c3C(N)=O)c[nH]c2n1. The predicted octanol–water partition coefficient (Wildman–Crippen LogP) is 2.83. The summed E-state index contributed by atoms with van der Waals surface area (Å²) in [4.78, 5) is 28.7. The van der Waals surface area contributed by atoms with Gasteiger partial charge in [-0.2, -0.15) is 4.98 Å². The maximum Gasteiger partial charge on any atom is 0.268 e. The molecule has 8 heteroatoms. The molecule has 0 aliphatic rings. The van der Waals surface area contributed by atoms with Gasteiger partial charge in [0.05, 0.1) is 0 Å². The molecule has 4 aromatic heterocycles. The van der Waals surface area contributed by atoms with Crippen LogP contribution < -0.4 is 11.1 Å². The van der Waals surface area contributed by atoms with Crippen LogP contribution in [0.15, 0.2) is 36.8 Å². The summed E-state index contributed by atoms with van der Waals surface area (Å²) in [6.45, 7) is 7.17. The Morgan fingerprint density at radius 2 is 2.11 bits per heavy atom. The molecule has 1 amide bonds. The molecule has 0 unspecified atom stereocenters. The van der Waals surface area contributed by atoms with E-state index in [1.807, 2.05) is 18.2 Å². The van der Waals surface area contributed by atoms with Gasteiger partial charge in [0.15, 0.2) is 0 Å². The molecule has 27 heavy (non-hydrogen) atoms. The van der Waals surface area contributed by atoms with E-state index in [1.54, 1.807) is 23.0 Å². The second-order valence-electron chi connectivity index (χ2n) is 7.67. The zero-order valence-corrected chi connectivity index (χ0v) is 15.4. The van der Waals surface area contributed by atoms with Gasteiger partial charge in [-0.25, -0.2) is 9.97 Å². The lowest BCUT2D eigenvalue weighted by molar-refractivity contribution is 0.0995. The number of carbonyl (C=O) groups is 1. The number of aromatic nitrogens is 5. The molecule has 4 heterocycles. The van der Waals surface area contributed by atoms with E-state index in [0.29, 0.717) is 28.6 Å². The van der Waals surface area contributed by atoms with Crippen LogP contribution in [-0.2, 0) is 0 Å². The Kier molecular flexibility index (Phi) is 3.83. The Morgan fingerprint density at radius 1 is 1.30 bits per heavy atom. The smallest absolute Gasteiger partial charge is 0.268 e. The van der Waals surface area contributed by atoms with E-state index in [-0.39, 0.29) is 5.41 Å². The molecule has 0 spiro atoms. The molecule has 138 valence electrons. The first-order valence-corrected chi connectivity index (χ1v) is 8.69. The lowest BCUT2D eigenvalue weighted by Gasteiger charge is -2.18. The molecule has 0 bridgehead atoms. The van der Waals surface area contributed by atoms with Crippen LogP contribution in [0.4, 0.5) is 5.95 Å². The Balaban J connectivity index is 1.80. The molecule has 0 aromatic carbocycles. The summed E-state index contributed by atoms with van der Waals surface area (Å²) in [7, 11) is 0. The van der Waals surface area contributed by atoms with Crippen molar-refractivity contribution in [1.82, 2.24) is 24.3 Å². The van der Waals surface area contributed by atoms with Crippen molar-refractivity contribution in [2.24, 2.45) is 11.1 Å². The molecule has 8 nitrogen and oxygen atoms in total. The monoisotopic (exact) mass is 363 g/mol. The van der Waals surface area contributed by atoms with Gasteiger partial charge < -0.3 is 16.0 Å². The van der Waals surface area contributed by atoms with Crippen LogP contribution in [0.1, 0.15) is 31.3 Å². The molecule has 0 atom stereocenters. The van der Waals surface area contributed by atoms with Gasteiger partial charge in [-0.15, -0.1) is 0 Å². The molecule has 4 rings (SSSR count). The number of H-pyrrole nitrogens is 1. The highest BCUT2D eigenvalue weighted by atomic mass is 16.1. The van der Waals surface area contributed by atoms with Gasteiger partial charge in [-0.05, 0) is 17.5 Å². The van der Waals surface area contributed by atoms with E-state index < -0.39 is 5.91 Å². The van der Waals surface area contributed by atoms with E-state index in [0.717, 1.165) is 17.5 Å². The van der Waals surface area contributed by atoms with Gasteiger partial charge in [0.2, 0.25) is 5.95 Å². The summed E-state index contributed by atoms with van der Waals surface area (Å²) in [5.41, 5.74) is 8.66. The van der Waals surface area contributed by atoms with Crippen molar-refractivity contribution in [2.75, 3.05) is 11.9 Å². The largest absolute Gasteiger partial charge is 0.364 e. The second kappa shape index (κ2) is 6.08. The number of fused-ring (bicyclic) bond motifs is 2. The number of imidazole rings is 1. The number of aromatic amines is 1. The number of carbonyl (C=O) groups excluding carboxylic acids is 1. The third kappa shape index (κ3) is 3.10. The van der Waals surface area contributed by atoms with Crippen LogP contribution in [0.3, 0.4) is 0 Å². The van der Waals surface area contributed by atoms with E-state index in [4.69, 9.17) is 5.73 Å². The third-order valence-corrected chi connectivity index (χ3v) is 4.23. The number of hydrogen-bond donors (Lipinski definition) is 3. The minimum atomic E-state index is -0.539. The lowest BCUT2D eigenvalue weighted by Crippen LogP contribution is -2.20. The molecule has 0 fully saturated rings. The summed E-state index contributed by atoms with van der Waals surface area (Å²) in [6.07, 6.45) is 5.28. The maximum atomic E-state index is 12.1. The lowest BCUT2D eigenvalue weighted by atomic mass is 9.97. The van der Waals surface area contributed by atoms with E-state index in [9.17, 15) is 4.79 Å². The van der Waals surface area contributed by atoms with E-state index in [2.05, 4.69) is 46.0 Å². The zero-order chi connectivity index (χ0) is 19.2.